The van der Waals surface area contributed by atoms with E-state index in [1.807, 2.05) is 60.7 Å². The van der Waals surface area contributed by atoms with E-state index in [9.17, 15) is 0 Å². The fourth-order valence-electron chi connectivity index (χ4n) is 5.34. The highest BCUT2D eigenvalue weighted by molar-refractivity contribution is 5.21. The lowest BCUT2D eigenvalue weighted by Crippen LogP contribution is -2.43. The molecule has 0 aliphatic heterocycles. The summed E-state index contributed by atoms with van der Waals surface area (Å²) in [6.07, 6.45) is 9.26. The predicted octanol–water partition coefficient (Wildman–Crippen LogP) is 8.35. The summed E-state index contributed by atoms with van der Waals surface area (Å²) in [6.45, 7) is 4.39. The van der Waals surface area contributed by atoms with Gasteiger partial charge in [-0.2, -0.15) is 0 Å². The Morgan fingerprint density at radius 3 is 1.20 bits per heavy atom. The summed E-state index contributed by atoms with van der Waals surface area (Å²) in [5.74, 6) is -1.88. The average Bonchev–Trinajstić information content (AvgIpc) is 3.03. The molecular weight excluding hydrogens is 520 g/mol. The average molecular weight is 575 g/mol. The lowest BCUT2D eigenvalue weighted by Gasteiger charge is -2.39. The van der Waals surface area contributed by atoms with Gasteiger partial charge < -0.3 is 33.2 Å². The van der Waals surface area contributed by atoms with Crippen molar-refractivity contribution >= 4 is 0 Å². The number of unbranched alkanes of at least 4 members (excludes halogenated alkanes) is 6. The maximum atomic E-state index is 6.34. The second kappa shape index (κ2) is 20.1. The second-order valence-electron chi connectivity index (χ2n) is 10.4. The van der Waals surface area contributed by atoms with Gasteiger partial charge in [0, 0.05) is 41.3 Å². The van der Waals surface area contributed by atoms with Gasteiger partial charge in [0.2, 0.25) is 0 Å². The molecule has 2 unspecified atom stereocenters. The maximum absolute atomic E-state index is 6.34. The Kier molecular flexibility index (Phi) is 17.4. The van der Waals surface area contributed by atoms with Crippen molar-refractivity contribution in [2.45, 2.75) is 102 Å². The number of methoxy groups -OCH3 is 4. The minimum absolute atomic E-state index is 0.00599. The first-order valence-electron chi connectivity index (χ1n) is 15.2. The Balaban J connectivity index is 2.13. The SMILES string of the molecule is CCCCCCC(OC)(OC)C(OCOCOC(c1ccccc1)C(CCCCCC)(OC)OC)c1ccccc1. The predicted molar refractivity (Wildman–Crippen MR) is 162 cm³/mol. The number of hydrogen-bond acceptors (Lipinski definition) is 7. The van der Waals surface area contributed by atoms with Gasteiger partial charge in [-0.3, -0.25) is 0 Å². The molecule has 7 nitrogen and oxygen atoms in total. The first kappa shape index (κ1) is 35.4. The molecule has 41 heavy (non-hydrogen) atoms. The van der Waals surface area contributed by atoms with Gasteiger partial charge in [0.25, 0.3) is 0 Å². The molecule has 0 N–H and O–H groups in total. The van der Waals surface area contributed by atoms with Crippen LogP contribution in [0.25, 0.3) is 0 Å². The molecule has 2 rings (SSSR count). The second-order valence-corrected chi connectivity index (χ2v) is 10.4. The molecule has 0 aliphatic carbocycles. The summed E-state index contributed by atoms with van der Waals surface area (Å²) in [6, 6.07) is 20.0. The van der Waals surface area contributed by atoms with Crippen LogP contribution in [0.1, 0.15) is 101 Å². The molecule has 0 bridgehead atoms. The highest BCUT2D eigenvalue weighted by atomic mass is 16.8. The van der Waals surface area contributed by atoms with Crippen LogP contribution >= 0.6 is 0 Å². The molecule has 0 aromatic heterocycles. The zero-order chi connectivity index (χ0) is 29.8. The van der Waals surface area contributed by atoms with Gasteiger partial charge in [-0.1, -0.05) is 113 Å². The smallest absolute Gasteiger partial charge is 0.198 e. The van der Waals surface area contributed by atoms with Crippen molar-refractivity contribution in [1.29, 1.82) is 0 Å². The summed E-state index contributed by atoms with van der Waals surface area (Å²) >= 11 is 0. The third-order valence-electron chi connectivity index (χ3n) is 7.78. The van der Waals surface area contributed by atoms with Crippen LogP contribution in [0, 0.1) is 0 Å². The Hall–Kier alpha value is -1.84. The third-order valence-corrected chi connectivity index (χ3v) is 7.78. The molecule has 0 fully saturated rings. The fourth-order valence-corrected chi connectivity index (χ4v) is 5.34. The topological polar surface area (TPSA) is 64.6 Å². The molecule has 0 saturated carbocycles. The van der Waals surface area contributed by atoms with Crippen LogP contribution in [0.2, 0.25) is 0 Å². The van der Waals surface area contributed by atoms with Crippen molar-refractivity contribution in [3.8, 4) is 0 Å². The molecule has 2 aromatic carbocycles. The quantitative estimate of drug-likeness (QED) is 0.0922. The van der Waals surface area contributed by atoms with Gasteiger partial charge in [-0.25, -0.2) is 0 Å². The van der Waals surface area contributed by atoms with E-state index in [4.69, 9.17) is 33.2 Å². The molecule has 0 heterocycles. The number of ether oxygens (including phenoxy) is 7. The molecule has 7 heteroatoms. The minimum atomic E-state index is -0.939. The standard InChI is InChI=1S/C34H54O7/c1-7-9-11-19-25-33(35-3,36-4)31(29-21-15-13-16-22-29)40-27-39-28-41-32(30-23-17-14-18-24-30)34(37-5,38-6)26-20-12-10-8-2/h13-18,21-24,31-32H,7-12,19-20,25-28H2,1-6H3. The van der Waals surface area contributed by atoms with E-state index in [0.29, 0.717) is 12.8 Å². The van der Waals surface area contributed by atoms with Gasteiger partial charge in [-0.15, -0.1) is 0 Å². The molecule has 2 aromatic rings. The number of rotatable bonds is 24. The molecule has 0 spiro atoms. The van der Waals surface area contributed by atoms with E-state index in [-0.39, 0.29) is 13.6 Å². The van der Waals surface area contributed by atoms with Crippen LogP contribution in [0.15, 0.2) is 60.7 Å². The van der Waals surface area contributed by atoms with Crippen LogP contribution < -0.4 is 0 Å². The molecule has 2 atom stereocenters. The lowest BCUT2D eigenvalue weighted by atomic mass is 9.95. The van der Waals surface area contributed by atoms with E-state index in [0.717, 1.165) is 49.7 Å². The monoisotopic (exact) mass is 574 g/mol. The van der Waals surface area contributed by atoms with Gasteiger partial charge >= 0.3 is 0 Å². The Morgan fingerprint density at radius 1 is 0.512 bits per heavy atom. The summed E-state index contributed by atoms with van der Waals surface area (Å²) in [7, 11) is 6.69. The minimum Gasteiger partial charge on any atom is -0.351 e. The first-order valence-corrected chi connectivity index (χ1v) is 15.2. The van der Waals surface area contributed by atoms with Crippen molar-refractivity contribution in [1.82, 2.24) is 0 Å². The largest absolute Gasteiger partial charge is 0.351 e. The van der Waals surface area contributed by atoms with Crippen LogP contribution in [0.4, 0.5) is 0 Å². The van der Waals surface area contributed by atoms with Gasteiger partial charge in [0.1, 0.15) is 12.2 Å². The van der Waals surface area contributed by atoms with Crippen LogP contribution in [-0.4, -0.2) is 53.6 Å². The highest BCUT2D eigenvalue weighted by Crippen LogP contribution is 2.39. The molecule has 0 aliphatic rings. The highest BCUT2D eigenvalue weighted by Gasteiger charge is 2.42. The molecule has 0 saturated heterocycles. The van der Waals surface area contributed by atoms with E-state index >= 15 is 0 Å². The van der Waals surface area contributed by atoms with E-state index < -0.39 is 23.8 Å². The number of hydrogen-bond donors (Lipinski definition) is 0. The summed E-state index contributed by atoms with van der Waals surface area (Å²) < 4.78 is 42.6. The van der Waals surface area contributed by atoms with Crippen molar-refractivity contribution in [2.75, 3.05) is 42.0 Å². The van der Waals surface area contributed by atoms with Gasteiger partial charge in [-0.05, 0) is 24.0 Å². The van der Waals surface area contributed by atoms with Gasteiger partial charge in [0.15, 0.2) is 25.2 Å². The Bertz CT molecular complexity index is 811. The maximum Gasteiger partial charge on any atom is 0.198 e. The van der Waals surface area contributed by atoms with Crippen LogP contribution in [0.5, 0.6) is 0 Å². The zero-order valence-corrected chi connectivity index (χ0v) is 26.3. The molecule has 0 amide bonds. The van der Waals surface area contributed by atoms with E-state index in [2.05, 4.69) is 13.8 Å². The van der Waals surface area contributed by atoms with Crippen molar-refractivity contribution in [3.05, 3.63) is 71.8 Å². The first-order chi connectivity index (χ1) is 20.1. The third kappa shape index (κ3) is 10.7. The zero-order valence-electron chi connectivity index (χ0n) is 26.3. The van der Waals surface area contributed by atoms with Crippen LogP contribution in [0.3, 0.4) is 0 Å². The van der Waals surface area contributed by atoms with Crippen molar-refractivity contribution in [2.24, 2.45) is 0 Å². The van der Waals surface area contributed by atoms with Crippen LogP contribution in [-0.2, 0) is 33.2 Å². The van der Waals surface area contributed by atoms with Crippen molar-refractivity contribution in [3.63, 3.8) is 0 Å². The fraction of sp³-hybridized carbons (Fsp3) is 0.647. The van der Waals surface area contributed by atoms with E-state index in [1.165, 1.54) is 12.8 Å². The summed E-state index contributed by atoms with van der Waals surface area (Å²) in [5.41, 5.74) is 1.92. The molecular formula is C34H54O7. The number of benzene rings is 2. The van der Waals surface area contributed by atoms with E-state index in [1.54, 1.807) is 28.4 Å². The molecule has 0 radical (unpaired) electrons. The Morgan fingerprint density at radius 2 is 0.878 bits per heavy atom. The summed E-state index contributed by atoms with van der Waals surface area (Å²) in [4.78, 5) is 0. The normalized spacial score (nSPS) is 13.8. The van der Waals surface area contributed by atoms with Gasteiger partial charge in [0.05, 0.1) is 0 Å². The summed E-state index contributed by atoms with van der Waals surface area (Å²) in [5, 5.41) is 0. The Labute approximate surface area is 248 Å². The van der Waals surface area contributed by atoms with Crippen molar-refractivity contribution < 1.29 is 33.2 Å². The molecule has 232 valence electrons. The lowest BCUT2D eigenvalue weighted by molar-refractivity contribution is -0.310.